The molecule has 1 saturated heterocycles. The number of esters is 2. The predicted molar refractivity (Wildman–Crippen MR) is 151 cm³/mol. The zero-order valence-electron chi connectivity index (χ0n) is 23.9. The maximum Gasteiger partial charge on any atom is 0.328 e. The van der Waals surface area contributed by atoms with Gasteiger partial charge in [0.25, 0.3) is 0 Å². The summed E-state index contributed by atoms with van der Waals surface area (Å²) in [5.41, 5.74) is 2.21. The number of aromatic nitrogens is 4. The van der Waals surface area contributed by atoms with E-state index in [1.807, 2.05) is 30.3 Å². The molecule has 3 aromatic rings. The number of amides is 2. The number of hydrogen-bond acceptors (Lipinski definition) is 12. The molecule has 1 aliphatic heterocycles. The van der Waals surface area contributed by atoms with Crippen LogP contribution in [0.2, 0.25) is 0 Å². The highest BCUT2D eigenvalue weighted by Crippen LogP contribution is 2.31. The first-order valence-electron chi connectivity index (χ1n) is 13.8. The first-order valence-corrected chi connectivity index (χ1v) is 13.8. The average Bonchev–Trinajstić information content (AvgIpc) is 3.62. The Labute approximate surface area is 247 Å². The van der Waals surface area contributed by atoms with E-state index in [4.69, 9.17) is 4.74 Å². The molecule has 0 bridgehead atoms. The van der Waals surface area contributed by atoms with Crippen LogP contribution in [0.1, 0.15) is 43.9 Å². The zero-order chi connectivity index (χ0) is 30.8. The second-order valence-corrected chi connectivity index (χ2v) is 9.90. The minimum atomic E-state index is -1.18. The summed E-state index contributed by atoms with van der Waals surface area (Å²) in [6.07, 6.45) is 1.06. The van der Waals surface area contributed by atoms with Gasteiger partial charge in [0.2, 0.25) is 11.8 Å². The minimum absolute atomic E-state index is 0.0292. The quantitative estimate of drug-likeness (QED) is 0.189. The van der Waals surface area contributed by atoms with Crippen LogP contribution in [-0.4, -0.2) is 87.4 Å². The van der Waals surface area contributed by atoms with Crippen LogP contribution in [0.15, 0.2) is 43.0 Å². The van der Waals surface area contributed by atoms with Gasteiger partial charge in [-0.05, 0) is 12.0 Å². The number of aliphatic hydroxyl groups excluding tert-OH is 1. The van der Waals surface area contributed by atoms with Gasteiger partial charge in [0.05, 0.1) is 33.1 Å². The number of anilines is 1. The first-order chi connectivity index (χ1) is 20.8. The molecule has 1 aliphatic rings. The zero-order valence-corrected chi connectivity index (χ0v) is 23.9. The maximum absolute atomic E-state index is 12.4. The van der Waals surface area contributed by atoms with Crippen molar-refractivity contribution >= 4 is 40.7 Å². The van der Waals surface area contributed by atoms with E-state index < -0.39 is 42.3 Å². The van der Waals surface area contributed by atoms with Crippen molar-refractivity contribution in [3.63, 3.8) is 0 Å². The fourth-order valence-electron chi connectivity index (χ4n) is 4.61. The van der Waals surface area contributed by atoms with E-state index in [0.29, 0.717) is 23.5 Å². The van der Waals surface area contributed by atoms with Crippen LogP contribution in [0.25, 0.3) is 11.2 Å². The van der Waals surface area contributed by atoms with E-state index in [9.17, 15) is 24.3 Å². The Kier molecular flexibility index (Phi) is 10.9. The number of nitrogens with zero attached hydrogens (tertiary/aromatic N) is 4. The number of ether oxygens (including phenoxy) is 3. The minimum Gasteiger partial charge on any atom is -0.469 e. The summed E-state index contributed by atoms with van der Waals surface area (Å²) in [4.78, 5) is 61.0. The maximum atomic E-state index is 12.4. The van der Waals surface area contributed by atoms with E-state index in [0.717, 1.165) is 12.7 Å². The molecule has 0 spiro atoms. The van der Waals surface area contributed by atoms with Crippen LogP contribution < -0.4 is 16.0 Å². The third-order valence-electron chi connectivity index (χ3n) is 6.90. The molecule has 0 unspecified atom stereocenters. The lowest BCUT2D eigenvalue weighted by molar-refractivity contribution is -0.150. The van der Waals surface area contributed by atoms with Crippen molar-refractivity contribution in [1.29, 1.82) is 0 Å². The lowest BCUT2D eigenvalue weighted by Crippen LogP contribution is -2.43. The molecule has 0 saturated carbocycles. The number of imidazole rings is 1. The van der Waals surface area contributed by atoms with Gasteiger partial charge in [-0.3, -0.25) is 19.0 Å². The van der Waals surface area contributed by atoms with Gasteiger partial charge in [0.15, 0.2) is 17.0 Å². The normalized spacial score (nSPS) is 18.5. The van der Waals surface area contributed by atoms with Gasteiger partial charge >= 0.3 is 11.9 Å². The van der Waals surface area contributed by atoms with Crippen molar-refractivity contribution in [2.45, 2.75) is 63.1 Å². The summed E-state index contributed by atoms with van der Waals surface area (Å²) in [5, 5.41) is 19.0. The smallest absolute Gasteiger partial charge is 0.328 e. The molecule has 43 heavy (non-hydrogen) atoms. The standard InChI is InChI=1S/C28H35N7O8/c1-41-24(39)11-18(28(40)42-2)34-22(38)10-6-9-21(37)29-14-20-19(36)12-23(43-20)35-16-33-25-26(31-15-32-27(25)35)30-13-17-7-4-3-5-8-17/h3-5,7-8,15-16,18-20,23,36H,6,9-14H2,1-2H3,(H,29,37)(H,34,38)(H,30,31,32)/t18-,19+,20-,23-/m1/s1. The summed E-state index contributed by atoms with van der Waals surface area (Å²) in [6, 6.07) is 8.70. The number of carbonyl (C=O) groups is 4. The van der Waals surface area contributed by atoms with Crippen molar-refractivity contribution in [2.75, 3.05) is 26.1 Å². The molecule has 230 valence electrons. The highest BCUT2D eigenvalue weighted by molar-refractivity contribution is 5.88. The molecule has 15 nitrogen and oxygen atoms in total. The topological polar surface area (TPSA) is 196 Å². The van der Waals surface area contributed by atoms with Crippen molar-refractivity contribution in [3.8, 4) is 0 Å². The van der Waals surface area contributed by atoms with Gasteiger partial charge in [-0.2, -0.15) is 0 Å². The van der Waals surface area contributed by atoms with Gasteiger partial charge in [0.1, 0.15) is 24.7 Å². The molecule has 0 aliphatic carbocycles. The highest BCUT2D eigenvalue weighted by Gasteiger charge is 2.36. The summed E-state index contributed by atoms with van der Waals surface area (Å²) >= 11 is 0. The summed E-state index contributed by atoms with van der Waals surface area (Å²) < 4.78 is 16.9. The Balaban J connectivity index is 1.23. The molecule has 3 heterocycles. The largest absolute Gasteiger partial charge is 0.469 e. The van der Waals surface area contributed by atoms with Crippen LogP contribution in [0, 0.1) is 0 Å². The third kappa shape index (κ3) is 8.45. The van der Waals surface area contributed by atoms with E-state index in [2.05, 4.69) is 40.4 Å². The van der Waals surface area contributed by atoms with Crippen LogP contribution in [0.3, 0.4) is 0 Å². The van der Waals surface area contributed by atoms with Crippen LogP contribution >= 0.6 is 0 Å². The lowest BCUT2D eigenvalue weighted by atomic mass is 10.1. The fourth-order valence-corrected chi connectivity index (χ4v) is 4.61. The highest BCUT2D eigenvalue weighted by atomic mass is 16.5. The Hall–Kier alpha value is -4.63. The van der Waals surface area contributed by atoms with Gasteiger partial charge in [-0.15, -0.1) is 0 Å². The molecular weight excluding hydrogens is 562 g/mol. The number of aliphatic hydroxyl groups is 1. The fraction of sp³-hybridized carbons (Fsp3) is 0.464. The van der Waals surface area contributed by atoms with E-state index in [-0.39, 0.29) is 44.6 Å². The average molecular weight is 598 g/mol. The van der Waals surface area contributed by atoms with Crippen LogP contribution in [-0.2, 0) is 39.9 Å². The van der Waals surface area contributed by atoms with E-state index in [1.54, 1.807) is 10.9 Å². The lowest BCUT2D eigenvalue weighted by Gasteiger charge is -2.17. The number of carbonyl (C=O) groups excluding carboxylic acids is 4. The first kappa shape index (κ1) is 31.3. The Morgan fingerprint density at radius 3 is 2.58 bits per heavy atom. The predicted octanol–water partition coefficient (Wildman–Crippen LogP) is 0.594. The third-order valence-corrected chi connectivity index (χ3v) is 6.90. The summed E-state index contributed by atoms with van der Waals surface area (Å²) in [5.74, 6) is -1.72. The van der Waals surface area contributed by atoms with Crippen LogP contribution in [0.4, 0.5) is 5.82 Å². The molecule has 4 atom stereocenters. The van der Waals surface area contributed by atoms with Crippen molar-refractivity contribution < 1.29 is 38.5 Å². The Morgan fingerprint density at radius 2 is 1.84 bits per heavy atom. The SMILES string of the molecule is COC(=O)C[C@@H](NC(=O)CCCC(=O)NC[C@H]1O[C@@H](n2cnc3c(NCc4ccccc4)ncnc32)C[C@@H]1O)C(=O)OC. The summed E-state index contributed by atoms with van der Waals surface area (Å²) in [7, 11) is 2.31. The monoisotopic (exact) mass is 597 g/mol. The van der Waals surface area contributed by atoms with Gasteiger partial charge in [-0.25, -0.2) is 19.7 Å². The van der Waals surface area contributed by atoms with Crippen LogP contribution in [0.5, 0.6) is 0 Å². The summed E-state index contributed by atoms with van der Waals surface area (Å²) in [6.45, 7) is 0.631. The van der Waals surface area contributed by atoms with Gasteiger partial charge < -0.3 is 35.3 Å². The molecule has 2 amide bonds. The number of hydrogen-bond donors (Lipinski definition) is 4. The molecule has 2 aromatic heterocycles. The van der Waals surface area contributed by atoms with Crippen molar-refractivity contribution in [2.24, 2.45) is 0 Å². The number of methoxy groups -OCH3 is 2. The Morgan fingerprint density at radius 1 is 1.07 bits per heavy atom. The van der Waals surface area contributed by atoms with E-state index in [1.165, 1.54) is 13.4 Å². The van der Waals surface area contributed by atoms with Gasteiger partial charge in [0, 0.05) is 32.4 Å². The number of nitrogens with one attached hydrogen (secondary N) is 3. The molecule has 15 heteroatoms. The molecule has 4 N–H and O–H groups in total. The second-order valence-electron chi connectivity index (χ2n) is 9.90. The Bertz CT molecular complexity index is 1420. The molecule has 0 radical (unpaired) electrons. The van der Waals surface area contributed by atoms with Crippen molar-refractivity contribution in [3.05, 3.63) is 48.5 Å². The molecule has 1 fully saturated rings. The van der Waals surface area contributed by atoms with E-state index >= 15 is 0 Å². The number of benzene rings is 1. The van der Waals surface area contributed by atoms with Crippen molar-refractivity contribution in [1.82, 2.24) is 30.2 Å². The number of fused-ring (bicyclic) bond motifs is 1. The molecule has 1 aromatic carbocycles. The second kappa shape index (κ2) is 15.0. The molecular formula is C28H35N7O8. The number of rotatable bonds is 14. The molecule has 4 rings (SSSR count). The van der Waals surface area contributed by atoms with Gasteiger partial charge in [-0.1, -0.05) is 30.3 Å².